The number of likely N-dealkylation sites (tertiary alicyclic amines) is 1. The van der Waals surface area contributed by atoms with Crippen LogP contribution in [-0.4, -0.2) is 28.1 Å². The lowest BCUT2D eigenvalue weighted by Gasteiger charge is -2.10. The van der Waals surface area contributed by atoms with Crippen molar-refractivity contribution in [2.45, 2.75) is 32.4 Å². The molecule has 1 fully saturated rings. The maximum Gasteiger partial charge on any atom is 0.243 e. The van der Waals surface area contributed by atoms with Gasteiger partial charge in [0.1, 0.15) is 0 Å². The van der Waals surface area contributed by atoms with Crippen LogP contribution in [-0.2, 0) is 6.54 Å². The van der Waals surface area contributed by atoms with Crippen molar-refractivity contribution in [1.82, 2.24) is 15.0 Å². The standard InChI is InChI=1S/C9H16N4O/c1-7(10)9-11-8(12-14-9)6-13-4-2-3-5-13/h7H,2-6,10H2,1H3/t7-/m1/s1. The largest absolute Gasteiger partial charge is 0.338 e. The van der Waals surface area contributed by atoms with Gasteiger partial charge in [0.05, 0.1) is 12.6 Å². The van der Waals surface area contributed by atoms with Gasteiger partial charge in [-0.25, -0.2) is 0 Å². The second-order valence-corrected chi connectivity index (χ2v) is 3.82. The van der Waals surface area contributed by atoms with Gasteiger partial charge >= 0.3 is 0 Å². The van der Waals surface area contributed by atoms with Gasteiger partial charge < -0.3 is 10.3 Å². The predicted octanol–water partition coefficient (Wildman–Crippen LogP) is 0.685. The summed E-state index contributed by atoms with van der Waals surface area (Å²) in [6, 6.07) is -0.171. The van der Waals surface area contributed by atoms with Crippen LogP contribution in [0, 0.1) is 0 Å². The number of nitrogens with two attached hydrogens (primary N) is 1. The van der Waals surface area contributed by atoms with Gasteiger partial charge in [0.15, 0.2) is 5.82 Å². The molecule has 1 aliphatic rings. The molecule has 1 atom stereocenters. The van der Waals surface area contributed by atoms with Crippen molar-refractivity contribution >= 4 is 0 Å². The Morgan fingerprint density at radius 2 is 2.21 bits per heavy atom. The molecule has 0 aliphatic carbocycles. The first-order valence-electron chi connectivity index (χ1n) is 5.06. The lowest BCUT2D eigenvalue weighted by atomic mass is 10.4. The molecule has 5 heteroatoms. The van der Waals surface area contributed by atoms with Crippen LogP contribution in [0.5, 0.6) is 0 Å². The summed E-state index contributed by atoms with van der Waals surface area (Å²) in [5, 5.41) is 3.89. The van der Waals surface area contributed by atoms with Gasteiger partial charge in [-0.15, -0.1) is 0 Å². The average molecular weight is 196 g/mol. The Morgan fingerprint density at radius 3 is 2.79 bits per heavy atom. The highest BCUT2D eigenvalue weighted by molar-refractivity contribution is 4.90. The summed E-state index contributed by atoms with van der Waals surface area (Å²) in [5.74, 6) is 1.28. The Kier molecular flexibility index (Phi) is 2.79. The van der Waals surface area contributed by atoms with Gasteiger partial charge in [-0.2, -0.15) is 4.98 Å². The molecule has 2 heterocycles. The van der Waals surface area contributed by atoms with Gasteiger partial charge in [0, 0.05) is 0 Å². The molecule has 0 amide bonds. The second-order valence-electron chi connectivity index (χ2n) is 3.82. The minimum Gasteiger partial charge on any atom is -0.338 e. The number of hydrogen-bond acceptors (Lipinski definition) is 5. The number of nitrogens with zero attached hydrogens (tertiary/aromatic N) is 3. The first-order chi connectivity index (χ1) is 6.75. The molecule has 0 radical (unpaired) electrons. The minimum absolute atomic E-state index is 0.171. The molecule has 5 nitrogen and oxygen atoms in total. The van der Waals surface area contributed by atoms with E-state index < -0.39 is 0 Å². The predicted molar refractivity (Wildman–Crippen MR) is 51.4 cm³/mol. The van der Waals surface area contributed by atoms with E-state index in [2.05, 4.69) is 15.0 Å². The molecule has 0 spiro atoms. The van der Waals surface area contributed by atoms with E-state index in [1.807, 2.05) is 6.92 Å². The van der Waals surface area contributed by atoms with E-state index >= 15 is 0 Å². The summed E-state index contributed by atoms with van der Waals surface area (Å²) in [4.78, 5) is 6.56. The third-order valence-corrected chi connectivity index (χ3v) is 2.44. The molecule has 0 saturated carbocycles. The normalized spacial score (nSPS) is 20.1. The molecule has 78 valence electrons. The summed E-state index contributed by atoms with van der Waals surface area (Å²) in [6.45, 7) is 4.91. The summed E-state index contributed by atoms with van der Waals surface area (Å²) in [7, 11) is 0. The van der Waals surface area contributed by atoms with Crippen LogP contribution in [0.15, 0.2) is 4.52 Å². The average Bonchev–Trinajstić information content (AvgIpc) is 2.75. The fraction of sp³-hybridized carbons (Fsp3) is 0.778. The molecule has 2 rings (SSSR count). The number of hydrogen-bond donors (Lipinski definition) is 1. The van der Waals surface area contributed by atoms with Crippen LogP contribution in [0.3, 0.4) is 0 Å². The monoisotopic (exact) mass is 196 g/mol. The van der Waals surface area contributed by atoms with Crippen LogP contribution in [0.25, 0.3) is 0 Å². The highest BCUT2D eigenvalue weighted by atomic mass is 16.5. The molecule has 1 aliphatic heterocycles. The zero-order chi connectivity index (χ0) is 9.97. The maximum atomic E-state index is 5.63. The molecule has 0 unspecified atom stereocenters. The quantitative estimate of drug-likeness (QED) is 0.770. The lowest BCUT2D eigenvalue weighted by molar-refractivity contribution is 0.307. The molecular formula is C9H16N4O. The van der Waals surface area contributed by atoms with Crippen molar-refractivity contribution in [3.63, 3.8) is 0 Å². The fourth-order valence-electron chi connectivity index (χ4n) is 1.66. The Morgan fingerprint density at radius 1 is 1.50 bits per heavy atom. The van der Waals surface area contributed by atoms with Crippen LogP contribution < -0.4 is 5.73 Å². The Bertz CT molecular complexity index is 291. The highest BCUT2D eigenvalue weighted by Gasteiger charge is 2.16. The smallest absolute Gasteiger partial charge is 0.243 e. The van der Waals surface area contributed by atoms with E-state index in [-0.39, 0.29) is 6.04 Å². The van der Waals surface area contributed by atoms with Crippen molar-refractivity contribution in [3.05, 3.63) is 11.7 Å². The van der Waals surface area contributed by atoms with Crippen LogP contribution in [0.4, 0.5) is 0 Å². The second kappa shape index (κ2) is 4.06. The number of rotatable bonds is 3. The Balaban J connectivity index is 1.95. The van der Waals surface area contributed by atoms with Crippen LogP contribution in [0.1, 0.15) is 37.5 Å². The Labute approximate surface area is 83.3 Å². The van der Waals surface area contributed by atoms with Gasteiger partial charge in [-0.1, -0.05) is 5.16 Å². The lowest BCUT2D eigenvalue weighted by Crippen LogP contribution is -2.19. The first kappa shape index (κ1) is 9.61. The van der Waals surface area contributed by atoms with E-state index in [0.29, 0.717) is 5.89 Å². The summed E-state index contributed by atoms with van der Waals surface area (Å²) in [6.07, 6.45) is 2.55. The van der Waals surface area contributed by atoms with E-state index in [9.17, 15) is 0 Å². The summed E-state index contributed by atoms with van der Waals surface area (Å²) >= 11 is 0. The van der Waals surface area contributed by atoms with Gasteiger partial charge in [0.25, 0.3) is 0 Å². The van der Waals surface area contributed by atoms with E-state index in [1.54, 1.807) is 0 Å². The molecule has 1 aromatic rings. The van der Waals surface area contributed by atoms with Crippen molar-refractivity contribution < 1.29 is 4.52 Å². The molecule has 1 saturated heterocycles. The van der Waals surface area contributed by atoms with Crippen molar-refractivity contribution in [2.24, 2.45) is 5.73 Å². The van der Waals surface area contributed by atoms with Gasteiger partial charge in [-0.3, -0.25) is 4.90 Å². The summed E-state index contributed by atoms with van der Waals surface area (Å²) in [5.41, 5.74) is 5.63. The van der Waals surface area contributed by atoms with Crippen molar-refractivity contribution in [1.29, 1.82) is 0 Å². The van der Waals surface area contributed by atoms with E-state index in [1.165, 1.54) is 12.8 Å². The molecule has 0 aromatic carbocycles. The van der Waals surface area contributed by atoms with Crippen LogP contribution >= 0.6 is 0 Å². The third kappa shape index (κ3) is 2.10. The van der Waals surface area contributed by atoms with Crippen LogP contribution in [0.2, 0.25) is 0 Å². The zero-order valence-corrected chi connectivity index (χ0v) is 8.44. The molecular weight excluding hydrogens is 180 g/mol. The molecule has 1 aromatic heterocycles. The van der Waals surface area contributed by atoms with Gasteiger partial charge in [0.2, 0.25) is 5.89 Å². The minimum atomic E-state index is -0.171. The maximum absolute atomic E-state index is 5.63. The number of aromatic nitrogens is 2. The molecule has 0 bridgehead atoms. The molecule has 14 heavy (non-hydrogen) atoms. The van der Waals surface area contributed by atoms with Crippen molar-refractivity contribution in [2.75, 3.05) is 13.1 Å². The van der Waals surface area contributed by atoms with Gasteiger partial charge in [-0.05, 0) is 32.9 Å². The fourth-order valence-corrected chi connectivity index (χ4v) is 1.66. The topological polar surface area (TPSA) is 68.2 Å². The summed E-state index contributed by atoms with van der Waals surface area (Å²) < 4.78 is 5.02. The Hall–Kier alpha value is -0.940. The van der Waals surface area contributed by atoms with Crippen molar-refractivity contribution in [3.8, 4) is 0 Å². The van der Waals surface area contributed by atoms with E-state index in [0.717, 1.165) is 25.5 Å². The third-order valence-electron chi connectivity index (χ3n) is 2.44. The van der Waals surface area contributed by atoms with E-state index in [4.69, 9.17) is 10.3 Å². The SMILES string of the molecule is C[C@@H](N)c1nc(CN2CCCC2)no1. The highest BCUT2D eigenvalue weighted by Crippen LogP contribution is 2.12. The first-order valence-corrected chi connectivity index (χ1v) is 5.06. The molecule has 2 N–H and O–H groups in total. The zero-order valence-electron chi connectivity index (χ0n) is 8.44.